The van der Waals surface area contributed by atoms with E-state index in [0.717, 1.165) is 12.4 Å². The number of rotatable bonds is 6. The largest absolute Gasteiger partial charge is 0.481 e. The lowest BCUT2D eigenvalue weighted by Crippen LogP contribution is -2.23. The van der Waals surface area contributed by atoms with Crippen LogP contribution < -0.4 is 10.2 Å². The van der Waals surface area contributed by atoms with Crippen LogP contribution in [0.5, 0.6) is 0 Å². The fraction of sp³-hybridized carbons (Fsp3) is 0.615. The third-order valence-electron chi connectivity index (χ3n) is 2.50. The van der Waals surface area contributed by atoms with Gasteiger partial charge in [0.05, 0.1) is 6.42 Å². The van der Waals surface area contributed by atoms with Gasteiger partial charge in [-0.3, -0.25) is 4.79 Å². The van der Waals surface area contributed by atoms with E-state index in [0.29, 0.717) is 12.4 Å². The van der Waals surface area contributed by atoms with Gasteiger partial charge in [0.15, 0.2) is 0 Å². The molecule has 0 radical (unpaired) electrons. The van der Waals surface area contributed by atoms with Gasteiger partial charge in [0, 0.05) is 26.2 Å². The summed E-state index contributed by atoms with van der Waals surface area (Å²) in [6.07, 6.45) is 1.57. The smallest absolute Gasteiger partial charge is 0.305 e. The number of carboxylic acid groups (broad SMARTS) is 1. The molecule has 0 aliphatic heterocycles. The van der Waals surface area contributed by atoms with E-state index in [9.17, 15) is 4.79 Å². The number of hydrogen-bond acceptors (Lipinski definition) is 5. The summed E-state index contributed by atoms with van der Waals surface area (Å²) < 4.78 is 0. The first-order valence-corrected chi connectivity index (χ1v) is 6.27. The zero-order valence-corrected chi connectivity index (χ0v) is 12.0. The first kappa shape index (κ1) is 15.2. The van der Waals surface area contributed by atoms with Crippen molar-refractivity contribution in [1.82, 2.24) is 9.97 Å². The molecule has 106 valence electrons. The molecule has 0 amide bonds. The Kier molecular flexibility index (Phi) is 5.09. The monoisotopic (exact) mass is 266 g/mol. The van der Waals surface area contributed by atoms with E-state index >= 15 is 0 Å². The van der Waals surface area contributed by atoms with Crippen molar-refractivity contribution in [2.75, 3.05) is 30.4 Å². The molecule has 19 heavy (non-hydrogen) atoms. The highest BCUT2D eigenvalue weighted by Crippen LogP contribution is 2.16. The summed E-state index contributed by atoms with van der Waals surface area (Å²) in [5, 5.41) is 11.9. The molecule has 0 aliphatic carbocycles. The second-order valence-electron chi connectivity index (χ2n) is 5.74. The van der Waals surface area contributed by atoms with Crippen molar-refractivity contribution in [1.29, 1.82) is 0 Å². The number of carbonyl (C=O) groups is 1. The number of anilines is 2. The molecule has 2 N–H and O–H groups in total. The second-order valence-corrected chi connectivity index (χ2v) is 5.74. The summed E-state index contributed by atoms with van der Waals surface area (Å²) in [6, 6.07) is 1.83. The number of nitrogens with zero attached hydrogens (tertiary/aromatic N) is 3. The maximum absolute atomic E-state index is 10.5. The Hall–Kier alpha value is -1.85. The van der Waals surface area contributed by atoms with Crippen LogP contribution in [0.2, 0.25) is 0 Å². The van der Waals surface area contributed by atoms with Crippen molar-refractivity contribution in [3.63, 3.8) is 0 Å². The van der Waals surface area contributed by atoms with Gasteiger partial charge in [-0.25, -0.2) is 9.97 Å². The summed E-state index contributed by atoms with van der Waals surface area (Å²) in [5.74, 6) is 0.654. The highest BCUT2D eigenvalue weighted by molar-refractivity contribution is 5.67. The molecule has 0 aliphatic rings. The molecule has 0 saturated carbocycles. The van der Waals surface area contributed by atoms with Crippen LogP contribution in [-0.4, -0.2) is 41.2 Å². The third kappa shape index (κ3) is 6.03. The van der Waals surface area contributed by atoms with Crippen molar-refractivity contribution in [2.45, 2.75) is 27.2 Å². The molecule has 0 bridgehead atoms. The third-order valence-corrected chi connectivity index (χ3v) is 2.50. The minimum atomic E-state index is -0.813. The molecular weight excluding hydrogens is 244 g/mol. The Morgan fingerprint density at radius 1 is 1.42 bits per heavy atom. The lowest BCUT2D eigenvalue weighted by Gasteiger charge is -2.20. The maximum Gasteiger partial charge on any atom is 0.305 e. The molecule has 1 aromatic heterocycles. The van der Waals surface area contributed by atoms with Crippen molar-refractivity contribution < 1.29 is 9.90 Å². The molecule has 0 saturated heterocycles. The normalized spacial score (nSPS) is 11.2. The van der Waals surface area contributed by atoms with Gasteiger partial charge < -0.3 is 15.3 Å². The fourth-order valence-electron chi connectivity index (χ4n) is 1.39. The van der Waals surface area contributed by atoms with E-state index in [2.05, 4.69) is 36.1 Å². The minimum absolute atomic E-state index is 0.0885. The van der Waals surface area contributed by atoms with Crippen molar-refractivity contribution in [3.05, 3.63) is 12.4 Å². The zero-order chi connectivity index (χ0) is 14.5. The Morgan fingerprint density at radius 2 is 2.11 bits per heavy atom. The van der Waals surface area contributed by atoms with Crippen LogP contribution in [0.25, 0.3) is 0 Å². The number of nitrogens with one attached hydrogen (secondary N) is 1. The van der Waals surface area contributed by atoms with Crippen LogP contribution in [-0.2, 0) is 4.79 Å². The summed E-state index contributed by atoms with van der Waals surface area (Å²) in [5.41, 5.74) is 0.167. The molecular formula is C13H22N4O2. The van der Waals surface area contributed by atoms with Gasteiger partial charge in [-0.1, -0.05) is 20.8 Å². The molecule has 0 fully saturated rings. The predicted molar refractivity (Wildman–Crippen MR) is 75.5 cm³/mol. The molecule has 0 aromatic carbocycles. The van der Waals surface area contributed by atoms with Crippen LogP contribution in [0, 0.1) is 5.41 Å². The summed E-state index contributed by atoms with van der Waals surface area (Å²) in [4.78, 5) is 20.6. The van der Waals surface area contributed by atoms with Crippen LogP contribution in [0.1, 0.15) is 27.2 Å². The van der Waals surface area contributed by atoms with E-state index in [4.69, 9.17) is 5.11 Å². The summed E-state index contributed by atoms with van der Waals surface area (Å²) in [7, 11) is 1.82. The number of carboxylic acids is 1. The zero-order valence-electron chi connectivity index (χ0n) is 12.0. The molecule has 0 atom stereocenters. The average molecular weight is 266 g/mol. The Labute approximate surface area is 113 Å². The summed E-state index contributed by atoms with van der Waals surface area (Å²) in [6.45, 7) is 7.65. The van der Waals surface area contributed by atoms with Crippen molar-refractivity contribution >= 4 is 17.6 Å². The summed E-state index contributed by atoms with van der Waals surface area (Å²) >= 11 is 0. The van der Waals surface area contributed by atoms with Crippen LogP contribution in [0.15, 0.2) is 12.4 Å². The molecule has 1 rings (SSSR count). The van der Waals surface area contributed by atoms with Crippen LogP contribution in [0.3, 0.4) is 0 Å². The van der Waals surface area contributed by atoms with E-state index in [1.54, 1.807) is 4.90 Å². The van der Waals surface area contributed by atoms with Gasteiger partial charge in [0.1, 0.15) is 18.0 Å². The van der Waals surface area contributed by atoms with E-state index < -0.39 is 5.97 Å². The van der Waals surface area contributed by atoms with E-state index in [1.807, 2.05) is 13.1 Å². The Balaban J connectivity index is 2.63. The highest BCUT2D eigenvalue weighted by Gasteiger charge is 2.11. The molecule has 0 spiro atoms. The fourth-order valence-corrected chi connectivity index (χ4v) is 1.39. The molecule has 1 aromatic rings. The molecule has 6 heteroatoms. The SMILES string of the molecule is CN(CCC(=O)O)c1cc(NCC(C)(C)C)ncn1. The number of hydrogen-bond donors (Lipinski definition) is 2. The topological polar surface area (TPSA) is 78.4 Å². The quantitative estimate of drug-likeness (QED) is 0.818. The first-order chi connectivity index (χ1) is 8.78. The van der Waals surface area contributed by atoms with Crippen LogP contribution in [0.4, 0.5) is 11.6 Å². The Bertz CT molecular complexity index is 429. The highest BCUT2D eigenvalue weighted by atomic mass is 16.4. The minimum Gasteiger partial charge on any atom is -0.481 e. The average Bonchev–Trinajstić information content (AvgIpc) is 2.33. The second kappa shape index (κ2) is 6.36. The Morgan fingerprint density at radius 3 is 2.68 bits per heavy atom. The number of aromatic nitrogens is 2. The molecule has 6 nitrogen and oxygen atoms in total. The van der Waals surface area contributed by atoms with Gasteiger partial charge in [0.2, 0.25) is 0 Å². The van der Waals surface area contributed by atoms with Crippen LogP contribution >= 0.6 is 0 Å². The lowest BCUT2D eigenvalue weighted by molar-refractivity contribution is -0.136. The van der Waals surface area contributed by atoms with E-state index in [-0.39, 0.29) is 11.8 Å². The number of aliphatic carboxylic acids is 1. The van der Waals surface area contributed by atoms with Gasteiger partial charge >= 0.3 is 5.97 Å². The van der Waals surface area contributed by atoms with Crippen molar-refractivity contribution in [3.8, 4) is 0 Å². The first-order valence-electron chi connectivity index (χ1n) is 6.27. The van der Waals surface area contributed by atoms with E-state index in [1.165, 1.54) is 6.33 Å². The predicted octanol–water partition coefficient (Wildman–Crippen LogP) is 1.85. The van der Waals surface area contributed by atoms with Gasteiger partial charge in [0.25, 0.3) is 0 Å². The van der Waals surface area contributed by atoms with Gasteiger partial charge in [-0.15, -0.1) is 0 Å². The standard InChI is InChI=1S/C13H22N4O2/c1-13(2,3)8-14-10-7-11(16-9-15-10)17(4)6-5-12(18)19/h7,9H,5-6,8H2,1-4H3,(H,18,19)(H,14,15,16). The van der Waals surface area contributed by atoms with Crippen molar-refractivity contribution in [2.24, 2.45) is 5.41 Å². The van der Waals surface area contributed by atoms with Gasteiger partial charge in [-0.05, 0) is 5.41 Å². The van der Waals surface area contributed by atoms with Gasteiger partial charge in [-0.2, -0.15) is 0 Å². The lowest BCUT2D eigenvalue weighted by atomic mass is 9.97. The molecule has 1 heterocycles. The maximum atomic E-state index is 10.5. The molecule has 0 unspecified atom stereocenters.